The summed E-state index contributed by atoms with van der Waals surface area (Å²) in [5.41, 5.74) is 2.40. The normalized spacial score (nSPS) is 17.4. The van der Waals surface area contributed by atoms with Crippen molar-refractivity contribution in [2.24, 2.45) is 0 Å². The van der Waals surface area contributed by atoms with E-state index in [0.29, 0.717) is 0 Å². The van der Waals surface area contributed by atoms with Crippen LogP contribution in [0.3, 0.4) is 0 Å². The third kappa shape index (κ3) is 5.91. The number of nitrogens with zero attached hydrogens (tertiary/aromatic N) is 2. The van der Waals surface area contributed by atoms with Gasteiger partial charge < -0.3 is 0 Å². The molecule has 0 spiro atoms. The van der Waals surface area contributed by atoms with Crippen LogP contribution in [0.25, 0.3) is 11.3 Å². The predicted octanol–water partition coefficient (Wildman–Crippen LogP) is 7.31. The minimum atomic E-state index is -2.61. The molecule has 1 aromatic heterocycles. The standard InChI is InChI=1S/C14H15N2O.3C4H9.Sn/c1-2-6-12(7-3-1)13-9-10-16(15-13)14-8-4-5-11-17-14;3*1-3-4-2;/h1-3,6-7,9,14H,4-5,8,11H2;3*1,3-4H2,2H3;. The maximum absolute atomic E-state index is 6.30. The fraction of sp³-hybridized carbons (Fsp3) is 0.654. The van der Waals surface area contributed by atoms with Crippen molar-refractivity contribution in [1.82, 2.24) is 9.78 Å². The van der Waals surface area contributed by atoms with Crippen molar-refractivity contribution >= 4 is 22.1 Å². The van der Waals surface area contributed by atoms with E-state index in [0.717, 1.165) is 18.7 Å². The molecular formula is C26H42N2OSn. The third-order valence-electron chi connectivity index (χ3n) is 6.80. The second-order valence-electron chi connectivity index (χ2n) is 9.14. The number of unbranched alkanes of at least 4 members (excludes halogenated alkanes) is 3. The van der Waals surface area contributed by atoms with Gasteiger partial charge in [0.25, 0.3) is 0 Å². The summed E-state index contributed by atoms with van der Waals surface area (Å²) < 4.78 is 14.8. The van der Waals surface area contributed by atoms with Crippen molar-refractivity contribution in [1.29, 1.82) is 0 Å². The van der Waals surface area contributed by atoms with Crippen LogP contribution in [-0.2, 0) is 4.74 Å². The second-order valence-corrected chi connectivity index (χ2v) is 22.2. The van der Waals surface area contributed by atoms with Crippen molar-refractivity contribution in [2.75, 3.05) is 6.61 Å². The van der Waals surface area contributed by atoms with E-state index in [-0.39, 0.29) is 6.23 Å². The van der Waals surface area contributed by atoms with Crippen LogP contribution in [0.1, 0.15) is 84.8 Å². The van der Waals surface area contributed by atoms with Crippen LogP contribution >= 0.6 is 0 Å². The Balaban J connectivity index is 2.09. The maximum atomic E-state index is 6.30. The molecule has 30 heavy (non-hydrogen) atoms. The molecule has 0 saturated carbocycles. The molecule has 1 atom stereocenters. The number of hydrogen-bond acceptors (Lipinski definition) is 2. The summed E-state index contributed by atoms with van der Waals surface area (Å²) in [7, 11) is 0. The van der Waals surface area contributed by atoms with Crippen molar-refractivity contribution < 1.29 is 4.74 Å². The molecule has 0 N–H and O–H groups in total. The Labute approximate surface area is 188 Å². The number of ether oxygens (including phenoxy) is 1. The van der Waals surface area contributed by atoms with Gasteiger partial charge in [-0.1, -0.05) is 0 Å². The average molecular weight is 517 g/mol. The van der Waals surface area contributed by atoms with E-state index in [1.165, 1.54) is 70.2 Å². The summed E-state index contributed by atoms with van der Waals surface area (Å²) in [6.07, 6.45) is 11.7. The van der Waals surface area contributed by atoms with Gasteiger partial charge in [0.2, 0.25) is 0 Å². The molecule has 0 bridgehead atoms. The zero-order valence-electron chi connectivity index (χ0n) is 19.5. The average Bonchev–Trinajstić information content (AvgIpc) is 3.26. The Morgan fingerprint density at radius 1 is 0.933 bits per heavy atom. The summed E-state index contributed by atoms with van der Waals surface area (Å²) >= 11 is -2.61. The SMILES string of the molecule is CCC[CH2][Sn]([CH2]CCC)([CH2]CCC)[c]1cc(-c2ccccc2)nn1C1CCCCO1. The summed E-state index contributed by atoms with van der Waals surface area (Å²) in [5.74, 6) is 0. The van der Waals surface area contributed by atoms with E-state index >= 15 is 0 Å². The monoisotopic (exact) mass is 518 g/mol. The molecule has 1 aliphatic heterocycles. The van der Waals surface area contributed by atoms with Crippen molar-refractivity contribution in [3.8, 4) is 11.3 Å². The number of hydrogen-bond donors (Lipinski definition) is 0. The molecule has 2 heterocycles. The van der Waals surface area contributed by atoms with Gasteiger partial charge in [-0.15, -0.1) is 0 Å². The van der Waals surface area contributed by atoms with Gasteiger partial charge in [0.05, 0.1) is 0 Å². The van der Waals surface area contributed by atoms with Crippen LogP contribution < -0.4 is 3.71 Å². The zero-order chi connectivity index (χ0) is 21.2. The van der Waals surface area contributed by atoms with E-state index < -0.39 is 18.4 Å². The Bertz CT molecular complexity index is 715. The quantitative estimate of drug-likeness (QED) is 0.276. The van der Waals surface area contributed by atoms with Crippen LogP contribution in [-0.4, -0.2) is 34.8 Å². The first-order valence-electron chi connectivity index (χ1n) is 12.5. The first-order chi connectivity index (χ1) is 14.7. The zero-order valence-corrected chi connectivity index (χ0v) is 22.4. The molecule has 1 unspecified atom stereocenters. The Hall–Kier alpha value is -0.811. The topological polar surface area (TPSA) is 27.1 Å². The van der Waals surface area contributed by atoms with Crippen LogP contribution in [0.5, 0.6) is 0 Å². The number of rotatable bonds is 12. The Kier molecular flexibility index (Phi) is 9.76. The Morgan fingerprint density at radius 2 is 1.57 bits per heavy atom. The van der Waals surface area contributed by atoms with Gasteiger partial charge in [-0.3, -0.25) is 0 Å². The molecule has 4 heteroatoms. The molecule has 1 aliphatic rings. The summed E-state index contributed by atoms with van der Waals surface area (Å²) in [5, 5.41) is 5.24. The van der Waals surface area contributed by atoms with Crippen molar-refractivity contribution in [2.45, 2.75) is 98.1 Å². The van der Waals surface area contributed by atoms with E-state index in [4.69, 9.17) is 9.84 Å². The van der Waals surface area contributed by atoms with E-state index in [2.05, 4.69) is 61.9 Å². The predicted molar refractivity (Wildman–Crippen MR) is 131 cm³/mol. The van der Waals surface area contributed by atoms with Gasteiger partial charge in [-0.05, 0) is 0 Å². The van der Waals surface area contributed by atoms with Gasteiger partial charge in [0.1, 0.15) is 0 Å². The first-order valence-corrected chi connectivity index (χ1v) is 20.0. The van der Waals surface area contributed by atoms with Crippen LogP contribution in [0.4, 0.5) is 0 Å². The molecule has 0 amide bonds. The molecule has 0 aliphatic carbocycles. The second kappa shape index (κ2) is 12.3. The molecule has 2 aromatic rings. The molecule has 3 rings (SSSR count). The van der Waals surface area contributed by atoms with Crippen LogP contribution in [0.2, 0.25) is 13.3 Å². The van der Waals surface area contributed by atoms with E-state index in [1.54, 1.807) is 3.71 Å². The fourth-order valence-corrected chi connectivity index (χ4v) is 21.3. The third-order valence-corrected chi connectivity index (χ3v) is 22.2. The van der Waals surface area contributed by atoms with Crippen molar-refractivity contribution in [3.05, 3.63) is 36.4 Å². The van der Waals surface area contributed by atoms with Crippen LogP contribution in [0, 0.1) is 0 Å². The summed E-state index contributed by atoms with van der Waals surface area (Å²) in [4.78, 5) is 0. The van der Waals surface area contributed by atoms with Gasteiger partial charge in [0.15, 0.2) is 0 Å². The van der Waals surface area contributed by atoms with Gasteiger partial charge in [-0.25, -0.2) is 0 Å². The molecule has 1 fully saturated rings. The van der Waals surface area contributed by atoms with Gasteiger partial charge in [0, 0.05) is 0 Å². The molecule has 3 nitrogen and oxygen atoms in total. The molecule has 1 aromatic carbocycles. The van der Waals surface area contributed by atoms with Gasteiger partial charge in [-0.2, -0.15) is 0 Å². The molecule has 166 valence electrons. The Morgan fingerprint density at radius 3 is 2.10 bits per heavy atom. The minimum absolute atomic E-state index is 0.146. The molecule has 0 radical (unpaired) electrons. The fourth-order valence-electron chi connectivity index (χ4n) is 4.98. The number of aromatic nitrogens is 2. The number of benzene rings is 1. The van der Waals surface area contributed by atoms with E-state index in [9.17, 15) is 0 Å². The summed E-state index contributed by atoms with van der Waals surface area (Å²) in [6.45, 7) is 7.94. The van der Waals surface area contributed by atoms with Gasteiger partial charge >= 0.3 is 189 Å². The molecule has 1 saturated heterocycles. The summed E-state index contributed by atoms with van der Waals surface area (Å²) in [6, 6.07) is 13.3. The van der Waals surface area contributed by atoms with Crippen LogP contribution in [0.15, 0.2) is 36.4 Å². The van der Waals surface area contributed by atoms with Crippen molar-refractivity contribution in [3.63, 3.8) is 0 Å². The van der Waals surface area contributed by atoms with E-state index in [1.807, 2.05) is 0 Å². The first kappa shape index (κ1) is 23.8. The molecular weight excluding hydrogens is 475 g/mol.